The zero-order valence-corrected chi connectivity index (χ0v) is 16.2. The van der Waals surface area contributed by atoms with E-state index in [-0.39, 0.29) is 25.6 Å². The van der Waals surface area contributed by atoms with Gasteiger partial charge in [-0.25, -0.2) is 4.98 Å². The van der Waals surface area contributed by atoms with E-state index in [2.05, 4.69) is 10.3 Å². The summed E-state index contributed by atoms with van der Waals surface area (Å²) in [5.41, 5.74) is 1.29. The Labute approximate surface area is 166 Å². The molecule has 7 heteroatoms. The number of fused-ring (bicyclic) bond motifs is 1. The molecule has 1 saturated heterocycles. The fraction of sp³-hybridized carbons (Fsp3) is 0.571. The molecule has 1 aliphatic rings. The number of esters is 1. The minimum atomic E-state index is -0.583. The zero-order chi connectivity index (χ0) is 19.4. The number of nitrogens with one attached hydrogen (secondary N) is 1. The zero-order valence-electron chi connectivity index (χ0n) is 16.2. The van der Waals surface area contributed by atoms with E-state index in [9.17, 15) is 9.59 Å². The van der Waals surface area contributed by atoms with Gasteiger partial charge < -0.3 is 14.8 Å². The summed E-state index contributed by atoms with van der Waals surface area (Å²) >= 11 is 0. The van der Waals surface area contributed by atoms with Crippen LogP contribution in [-0.4, -0.2) is 47.9 Å². The number of aryl methyl sites for hydroxylation is 1. The number of rotatable bonds is 7. The quantitative estimate of drug-likeness (QED) is 0.579. The topological polar surface area (TPSA) is 81.9 Å². The Bertz CT molecular complexity index is 838. The third kappa shape index (κ3) is 4.04. The van der Waals surface area contributed by atoms with Gasteiger partial charge in [0.1, 0.15) is 5.69 Å². The van der Waals surface area contributed by atoms with Crippen molar-refractivity contribution in [2.75, 3.05) is 26.8 Å². The number of aromatic nitrogens is 2. The van der Waals surface area contributed by atoms with Crippen molar-refractivity contribution in [1.29, 1.82) is 0 Å². The van der Waals surface area contributed by atoms with Gasteiger partial charge in [-0.05, 0) is 58.3 Å². The van der Waals surface area contributed by atoms with Crippen molar-refractivity contribution in [2.45, 2.75) is 47.0 Å². The average Bonchev–Trinajstić information content (AvgIpc) is 3.03. The first-order valence-electron chi connectivity index (χ1n) is 9.45. The molecule has 154 valence electrons. The highest BCUT2D eigenvalue weighted by molar-refractivity contribution is 5.97. The number of nitrogens with zero attached hydrogens (tertiary/aromatic N) is 2. The lowest BCUT2D eigenvalue weighted by molar-refractivity contribution is -0.155. The molecule has 0 atom stereocenters. The summed E-state index contributed by atoms with van der Waals surface area (Å²) in [6.45, 7) is 5.79. The molecular weight excluding hydrogens is 358 g/mol. The Balaban J connectivity index is 0.00000280. The summed E-state index contributed by atoms with van der Waals surface area (Å²) in [6, 6.07) is 3.69. The summed E-state index contributed by atoms with van der Waals surface area (Å²) < 4.78 is 12.4. The summed E-state index contributed by atoms with van der Waals surface area (Å²) in [5, 5.41) is 3.26. The third-order valence-corrected chi connectivity index (χ3v) is 5.36. The average molecular weight is 389 g/mol. The molecule has 1 fully saturated rings. The number of Topliss-reactive ketones (excluding diaryl/α,β-unsaturated/α-hetero) is 1. The van der Waals surface area contributed by atoms with Crippen LogP contribution in [0.3, 0.4) is 0 Å². The standard InChI is InChI=1S/C20H27N3O4.CH4/c1-4-27-16-6-5-13-23-17(14(2)22-18(16)23)15(24)7-8-20(19(25)26-3)9-11-21-12-10-20;/h5-6,13,21H,4,7-12H2,1-3H3;1H4. The number of carbonyl (C=O) groups excluding carboxylic acids is 2. The molecule has 0 spiro atoms. The maximum Gasteiger partial charge on any atom is 0.311 e. The van der Waals surface area contributed by atoms with Crippen LogP contribution in [0.1, 0.15) is 56.2 Å². The van der Waals surface area contributed by atoms with Crippen LogP contribution in [0, 0.1) is 12.3 Å². The van der Waals surface area contributed by atoms with Crippen LogP contribution in [0.15, 0.2) is 18.3 Å². The van der Waals surface area contributed by atoms with Crippen molar-refractivity contribution in [3.63, 3.8) is 0 Å². The molecule has 2 aromatic rings. The fourth-order valence-corrected chi connectivity index (χ4v) is 3.91. The highest BCUT2D eigenvalue weighted by Gasteiger charge is 2.41. The fourth-order valence-electron chi connectivity index (χ4n) is 3.91. The van der Waals surface area contributed by atoms with Crippen LogP contribution in [0.4, 0.5) is 0 Å². The van der Waals surface area contributed by atoms with Crippen molar-refractivity contribution >= 4 is 17.4 Å². The monoisotopic (exact) mass is 389 g/mol. The van der Waals surface area contributed by atoms with E-state index < -0.39 is 5.41 Å². The number of ether oxygens (including phenoxy) is 2. The SMILES string of the molecule is C.CCOc1cccn2c(C(=O)CCC3(C(=O)OC)CCNCC3)c(C)nc12. The molecule has 3 heterocycles. The van der Waals surface area contributed by atoms with Gasteiger partial charge in [0.25, 0.3) is 0 Å². The normalized spacial score (nSPS) is 15.7. The second kappa shape index (κ2) is 9.19. The van der Waals surface area contributed by atoms with Gasteiger partial charge in [0, 0.05) is 12.6 Å². The van der Waals surface area contributed by atoms with Crippen molar-refractivity contribution in [3.05, 3.63) is 29.7 Å². The van der Waals surface area contributed by atoms with Crippen LogP contribution in [0.25, 0.3) is 5.65 Å². The Morgan fingerprint density at radius 3 is 2.68 bits per heavy atom. The molecule has 28 heavy (non-hydrogen) atoms. The number of ketones is 1. The molecule has 0 saturated carbocycles. The summed E-state index contributed by atoms with van der Waals surface area (Å²) in [4.78, 5) is 30.0. The van der Waals surface area contributed by atoms with E-state index in [1.54, 1.807) is 4.40 Å². The van der Waals surface area contributed by atoms with Crippen LogP contribution in [0.2, 0.25) is 0 Å². The van der Waals surface area contributed by atoms with E-state index in [1.807, 2.05) is 32.2 Å². The van der Waals surface area contributed by atoms with Gasteiger partial charge in [-0.2, -0.15) is 0 Å². The Hall–Kier alpha value is -2.41. The van der Waals surface area contributed by atoms with Gasteiger partial charge in [-0.15, -0.1) is 0 Å². The predicted molar refractivity (Wildman–Crippen MR) is 108 cm³/mol. The largest absolute Gasteiger partial charge is 0.490 e. The lowest BCUT2D eigenvalue weighted by Gasteiger charge is -2.34. The van der Waals surface area contributed by atoms with Crippen molar-refractivity contribution in [1.82, 2.24) is 14.7 Å². The molecule has 0 radical (unpaired) electrons. The first-order valence-corrected chi connectivity index (χ1v) is 9.45. The van der Waals surface area contributed by atoms with E-state index >= 15 is 0 Å². The van der Waals surface area contributed by atoms with Gasteiger partial charge in [0.15, 0.2) is 17.2 Å². The minimum absolute atomic E-state index is 0. The van der Waals surface area contributed by atoms with E-state index in [0.717, 1.165) is 13.1 Å². The Morgan fingerprint density at radius 2 is 2.04 bits per heavy atom. The van der Waals surface area contributed by atoms with Gasteiger partial charge >= 0.3 is 5.97 Å². The maximum atomic E-state index is 13.0. The van der Waals surface area contributed by atoms with Crippen LogP contribution < -0.4 is 10.1 Å². The second-order valence-electron chi connectivity index (χ2n) is 6.99. The highest BCUT2D eigenvalue weighted by Crippen LogP contribution is 2.36. The van der Waals surface area contributed by atoms with Crippen LogP contribution in [0.5, 0.6) is 5.75 Å². The first kappa shape index (κ1) is 21.9. The molecule has 2 aromatic heterocycles. The van der Waals surface area contributed by atoms with Gasteiger partial charge in [-0.1, -0.05) is 7.43 Å². The molecule has 3 rings (SSSR count). The van der Waals surface area contributed by atoms with Crippen LogP contribution >= 0.6 is 0 Å². The Kier molecular flexibility index (Phi) is 7.18. The number of hydrogen-bond donors (Lipinski definition) is 1. The maximum absolute atomic E-state index is 13.0. The first-order chi connectivity index (χ1) is 13.0. The molecule has 7 nitrogen and oxygen atoms in total. The van der Waals surface area contributed by atoms with E-state index in [4.69, 9.17) is 9.47 Å². The molecule has 0 bridgehead atoms. The second-order valence-corrected chi connectivity index (χ2v) is 6.99. The number of carbonyl (C=O) groups is 2. The van der Waals surface area contributed by atoms with Crippen LogP contribution in [-0.2, 0) is 9.53 Å². The summed E-state index contributed by atoms with van der Waals surface area (Å²) in [6.07, 6.45) is 3.97. The number of imidazole rings is 1. The van der Waals surface area contributed by atoms with Crippen molar-refractivity contribution in [2.24, 2.45) is 5.41 Å². The minimum Gasteiger partial charge on any atom is -0.490 e. The van der Waals surface area contributed by atoms with Gasteiger partial charge in [0.05, 0.1) is 24.8 Å². The Morgan fingerprint density at radius 1 is 1.32 bits per heavy atom. The predicted octanol–water partition coefficient (Wildman–Crippen LogP) is 3.18. The lowest BCUT2D eigenvalue weighted by Crippen LogP contribution is -2.43. The number of methoxy groups -OCH3 is 1. The van der Waals surface area contributed by atoms with E-state index in [0.29, 0.717) is 48.7 Å². The molecular formula is C21H31N3O4. The smallest absolute Gasteiger partial charge is 0.311 e. The highest BCUT2D eigenvalue weighted by atomic mass is 16.5. The molecule has 0 aliphatic carbocycles. The van der Waals surface area contributed by atoms with E-state index in [1.165, 1.54) is 7.11 Å². The van der Waals surface area contributed by atoms with Gasteiger partial charge in [-0.3, -0.25) is 14.0 Å². The summed E-state index contributed by atoms with van der Waals surface area (Å²) in [5.74, 6) is 0.423. The molecule has 1 N–H and O–H groups in total. The molecule has 0 unspecified atom stereocenters. The number of pyridine rings is 1. The summed E-state index contributed by atoms with van der Waals surface area (Å²) in [7, 11) is 1.41. The third-order valence-electron chi connectivity index (χ3n) is 5.36. The van der Waals surface area contributed by atoms with Crippen molar-refractivity contribution < 1.29 is 19.1 Å². The lowest BCUT2D eigenvalue weighted by atomic mass is 9.74. The van der Waals surface area contributed by atoms with Gasteiger partial charge in [0.2, 0.25) is 0 Å². The number of hydrogen-bond acceptors (Lipinski definition) is 6. The molecule has 0 amide bonds. The number of piperidine rings is 1. The molecule has 0 aromatic carbocycles. The van der Waals surface area contributed by atoms with Crippen molar-refractivity contribution in [3.8, 4) is 5.75 Å². The molecule has 1 aliphatic heterocycles.